The smallest absolute Gasteiger partial charge is 0.276 e. The molecule has 0 bridgehead atoms. The number of hydrogen-bond acceptors (Lipinski definition) is 5. The van der Waals surface area contributed by atoms with Crippen LogP contribution in [0.2, 0.25) is 0 Å². The molecule has 2 amide bonds. The lowest BCUT2D eigenvalue weighted by Crippen LogP contribution is -2.13. The fraction of sp³-hybridized carbons (Fsp3) is 0.100. The second kappa shape index (κ2) is 8.11. The summed E-state index contributed by atoms with van der Waals surface area (Å²) in [6.07, 6.45) is 3.60. The lowest BCUT2D eigenvalue weighted by atomic mass is 10.2. The van der Waals surface area contributed by atoms with Crippen LogP contribution in [0.5, 0.6) is 0 Å². The first kappa shape index (κ1) is 18.6. The predicted octanol–water partition coefficient (Wildman–Crippen LogP) is 3.23. The highest BCUT2D eigenvalue weighted by molar-refractivity contribution is 7.12. The molecule has 0 saturated heterocycles. The molecule has 0 aliphatic rings. The van der Waals surface area contributed by atoms with E-state index in [0.717, 1.165) is 5.56 Å². The zero-order valence-corrected chi connectivity index (χ0v) is 16.4. The highest BCUT2D eigenvalue weighted by Crippen LogP contribution is 2.16. The fourth-order valence-electron chi connectivity index (χ4n) is 2.80. The number of thiophene rings is 1. The molecule has 0 radical (unpaired) electrons. The minimum atomic E-state index is -0.353. The van der Waals surface area contributed by atoms with Crippen molar-refractivity contribution in [2.75, 3.05) is 10.6 Å². The highest BCUT2D eigenvalue weighted by atomic mass is 32.1. The van der Waals surface area contributed by atoms with E-state index in [2.05, 4.69) is 20.8 Å². The Hall–Kier alpha value is -3.72. The number of nitrogens with zero attached hydrogens (tertiary/aromatic N) is 4. The zero-order valence-electron chi connectivity index (χ0n) is 15.6. The van der Waals surface area contributed by atoms with E-state index < -0.39 is 0 Å². The van der Waals surface area contributed by atoms with Crippen LogP contribution >= 0.6 is 11.3 Å². The van der Waals surface area contributed by atoms with Crippen molar-refractivity contribution in [3.05, 3.63) is 82.4 Å². The summed E-state index contributed by atoms with van der Waals surface area (Å²) in [5.41, 5.74) is 1.89. The van der Waals surface area contributed by atoms with Gasteiger partial charge in [0.15, 0.2) is 5.69 Å². The van der Waals surface area contributed by atoms with Crippen molar-refractivity contribution in [1.29, 1.82) is 0 Å². The SMILES string of the molecule is Cn1nc(C(=O)Nc2cccc(Cn3cccn3)c2)cc1NC(=O)c1cccs1. The Morgan fingerprint density at radius 2 is 1.97 bits per heavy atom. The number of carbonyl (C=O) groups excluding carboxylic acids is 2. The topological polar surface area (TPSA) is 93.8 Å². The second-order valence-electron chi connectivity index (χ2n) is 6.33. The van der Waals surface area contributed by atoms with Gasteiger partial charge in [-0.1, -0.05) is 18.2 Å². The molecule has 0 unspecified atom stereocenters. The van der Waals surface area contributed by atoms with Crippen LogP contribution in [0.15, 0.2) is 66.3 Å². The molecule has 1 aromatic carbocycles. The Bertz CT molecular complexity index is 1130. The van der Waals surface area contributed by atoms with E-state index in [1.807, 2.05) is 52.7 Å². The van der Waals surface area contributed by atoms with Crippen LogP contribution in [-0.2, 0) is 13.6 Å². The number of amides is 2. The first-order valence-electron chi connectivity index (χ1n) is 8.85. The molecule has 4 rings (SSSR count). The summed E-state index contributed by atoms with van der Waals surface area (Å²) in [5, 5.41) is 15.8. The van der Waals surface area contributed by atoms with Crippen molar-refractivity contribution < 1.29 is 9.59 Å². The van der Waals surface area contributed by atoms with E-state index in [1.165, 1.54) is 16.0 Å². The van der Waals surface area contributed by atoms with E-state index in [4.69, 9.17) is 0 Å². The number of aromatic nitrogens is 4. The fourth-order valence-corrected chi connectivity index (χ4v) is 3.42. The van der Waals surface area contributed by atoms with Gasteiger partial charge in [0.05, 0.1) is 11.4 Å². The third-order valence-electron chi connectivity index (χ3n) is 4.19. The maximum absolute atomic E-state index is 12.6. The van der Waals surface area contributed by atoms with Gasteiger partial charge >= 0.3 is 0 Å². The number of carbonyl (C=O) groups is 2. The number of rotatable bonds is 6. The van der Waals surface area contributed by atoms with Gasteiger partial charge in [-0.05, 0) is 35.2 Å². The van der Waals surface area contributed by atoms with E-state index in [9.17, 15) is 9.59 Å². The monoisotopic (exact) mass is 406 g/mol. The lowest BCUT2D eigenvalue weighted by molar-refractivity contribution is 0.101. The third-order valence-corrected chi connectivity index (χ3v) is 5.06. The summed E-state index contributed by atoms with van der Waals surface area (Å²) in [7, 11) is 1.67. The molecule has 9 heteroatoms. The van der Waals surface area contributed by atoms with Gasteiger partial charge in [-0.25, -0.2) is 0 Å². The molecule has 3 heterocycles. The summed E-state index contributed by atoms with van der Waals surface area (Å²) in [6.45, 7) is 0.610. The van der Waals surface area contributed by atoms with Crippen molar-refractivity contribution in [3.63, 3.8) is 0 Å². The third kappa shape index (κ3) is 4.41. The van der Waals surface area contributed by atoms with E-state index in [1.54, 1.807) is 25.4 Å². The molecule has 0 aliphatic heterocycles. The van der Waals surface area contributed by atoms with E-state index in [0.29, 0.717) is 22.9 Å². The van der Waals surface area contributed by atoms with Crippen LogP contribution < -0.4 is 10.6 Å². The molecule has 29 heavy (non-hydrogen) atoms. The number of benzene rings is 1. The summed E-state index contributed by atoms with van der Waals surface area (Å²) >= 11 is 1.35. The molecule has 8 nitrogen and oxygen atoms in total. The maximum Gasteiger partial charge on any atom is 0.276 e. The van der Waals surface area contributed by atoms with Crippen molar-refractivity contribution in [3.8, 4) is 0 Å². The van der Waals surface area contributed by atoms with E-state index >= 15 is 0 Å². The van der Waals surface area contributed by atoms with Crippen LogP contribution in [0.1, 0.15) is 25.7 Å². The van der Waals surface area contributed by atoms with Gasteiger partial charge in [-0.3, -0.25) is 19.0 Å². The Balaban J connectivity index is 1.44. The Kier molecular flexibility index (Phi) is 5.21. The first-order chi connectivity index (χ1) is 14.1. The van der Waals surface area contributed by atoms with Crippen LogP contribution in [0.3, 0.4) is 0 Å². The minimum absolute atomic E-state index is 0.214. The predicted molar refractivity (Wildman–Crippen MR) is 111 cm³/mol. The molecule has 0 fully saturated rings. The molecule has 4 aromatic rings. The molecule has 2 N–H and O–H groups in total. The first-order valence-corrected chi connectivity index (χ1v) is 9.73. The van der Waals surface area contributed by atoms with Gasteiger partial charge in [0.2, 0.25) is 0 Å². The lowest BCUT2D eigenvalue weighted by Gasteiger charge is -2.06. The Labute approximate surface area is 170 Å². The van der Waals surface area contributed by atoms with Crippen LogP contribution in [0.4, 0.5) is 11.5 Å². The van der Waals surface area contributed by atoms with Gasteiger partial charge in [0.25, 0.3) is 11.8 Å². The average Bonchev–Trinajstić information content (AvgIpc) is 3.45. The van der Waals surface area contributed by atoms with Crippen LogP contribution in [0, 0.1) is 0 Å². The van der Waals surface area contributed by atoms with Crippen LogP contribution in [0.25, 0.3) is 0 Å². The minimum Gasteiger partial charge on any atom is -0.321 e. The normalized spacial score (nSPS) is 10.7. The molecule has 0 spiro atoms. The quantitative estimate of drug-likeness (QED) is 0.514. The van der Waals surface area contributed by atoms with E-state index in [-0.39, 0.29) is 17.5 Å². The number of anilines is 2. The van der Waals surface area contributed by atoms with Crippen molar-refractivity contribution in [2.24, 2.45) is 7.05 Å². The molecular weight excluding hydrogens is 388 g/mol. The second-order valence-corrected chi connectivity index (χ2v) is 7.28. The van der Waals surface area contributed by atoms with Gasteiger partial charge in [-0.2, -0.15) is 10.2 Å². The highest BCUT2D eigenvalue weighted by Gasteiger charge is 2.16. The molecule has 0 aliphatic carbocycles. The van der Waals surface area contributed by atoms with Crippen molar-refractivity contribution in [1.82, 2.24) is 19.6 Å². The standard InChI is InChI=1S/C20H18N6O2S/c1-25-18(23-20(28)17-7-3-10-29-17)12-16(24-25)19(27)22-15-6-2-5-14(11-15)13-26-9-4-8-21-26/h2-12H,13H2,1H3,(H,22,27)(H,23,28). The summed E-state index contributed by atoms with van der Waals surface area (Å²) in [6, 6.07) is 14.5. The molecule has 0 saturated carbocycles. The number of nitrogens with one attached hydrogen (secondary N) is 2. The zero-order chi connectivity index (χ0) is 20.2. The van der Waals surface area contributed by atoms with Crippen molar-refractivity contribution >= 4 is 34.7 Å². The molecular formula is C20H18N6O2S. The maximum atomic E-state index is 12.6. The van der Waals surface area contributed by atoms with Gasteiger partial charge in [0.1, 0.15) is 5.82 Å². The largest absolute Gasteiger partial charge is 0.321 e. The molecule has 0 atom stereocenters. The van der Waals surface area contributed by atoms with Crippen LogP contribution in [-0.4, -0.2) is 31.4 Å². The molecule has 3 aromatic heterocycles. The average molecular weight is 406 g/mol. The Morgan fingerprint density at radius 1 is 1.07 bits per heavy atom. The summed E-state index contributed by atoms with van der Waals surface area (Å²) in [4.78, 5) is 25.4. The number of hydrogen-bond donors (Lipinski definition) is 2. The number of aryl methyl sites for hydroxylation is 1. The van der Waals surface area contributed by atoms with Gasteiger partial charge < -0.3 is 10.6 Å². The molecule has 146 valence electrons. The van der Waals surface area contributed by atoms with Gasteiger partial charge in [-0.15, -0.1) is 11.3 Å². The summed E-state index contributed by atoms with van der Waals surface area (Å²) < 4.78 is 3.27. The van der Waals surface area contributed by atoms with Crippen molar-refractivity contribution in [2.45, 2.75) is 6.54 Å². The van der Waals surface area contributed by atoms with Gasteiger partial charge in [0, 0.05) is 31.2 Å². The summed E-state index contributed by atoms with van der Waals surface area (Å²) in [5.74, 6) is -0.143. The Morgan fingerprint density at radius 3 is 2.72 bits per heavy atom.